The van der Waals surface area contributed by atoms with E-state index >= 15 is 0 Å². The van der Waals surface area contributed by atoms with Gasteiger partial charge in [0.25, 0.3) is 0 Å². The number of hydrogen-bond donors (Lipinski definition) is 2. The highest BCUT2D eigenvalue weighted by Crippen LogP contribution is 2.31. The first-order valence-corrected chi connectivity index (χ1v) is 11.3. The highest BCUT2D eigenvalue weighted by Gasteiger charge is 2.29. The van der Waals surface area contributed by atoms with Gasteiger partial charge in [-0.3, -0.25) is 9.89 Å². The number of unbranched alkanes of at least 4 members (excludes halogenated alkanes) is 1. The summed E-state index contributed by atoms with van der Waals surface area (Å²) in [6, 6.07) is 4.59. The quantitative estimate of drug-likeness (QED) is 0.181. The summed E-state index contributed by atoms with van der Waals surface area (Å²) < 4.78 is 25.8. The summed E-state index contributed by atoms with van der Waals surface area (Å²) in [4.78, 5) is 6.98. The van der Waals surface area contributed by atoms with Crippen LogP contribution in [0.3, 0.4) is 0 Å². The number of hydrogen-bond acceptors (Lipinski definition) is 4. The van der Waals surface area contributed by atoms with E-state index in [0.29, 0.717) is 30.3 Å². The van der Waals surface area contributed by atoms with Crippen molar-refractivity contribution in [1.82, 2.24) is 15.5 Å². The standard InChI is InChI=1S/C22H36ClFN4O2.HI/c1-4-25-22(26-11-6-7-13-29-5-2)27-15-20(28-12-14-30-17(3)16-28)21-18(23)9-8-10-19(21)24;/h8-10,17,20H,4-7,11-16H2,1-3H3,(H2,25,26,27);1H. The maximum Gasteiger partial charge on any atom is 0.191 e. The molecule has 1 aromatic carbocycles. The van der Waals surface area contributed by atoms with Crippen LogP contribution in [-0.2, 0) is 9.47 Å². The summed E-state index contributed by atoms with van der Waals surface area (Å²) in [5.41, 5.74) is 0.504. The zero-order valence-corrected chi connectivity index (χ0v) is 21.9. The van der Waals surface area contributed by atoms with E-state index in [1.165, 1.54) is 6.07 Å². The molecule has 0 amide bonds. The molecule has 1 aliphatic rings. The zero-order valence-electron chi connectivity index (χ0n) is 18.8. The van der Waals surface area contributed by atoms with Crippen molar-refractivity contribution in [2.45, 2.75) is 45.8 Å². The number of nitrogens with zero attached hydrogens (tertiary/aromatic N) is 2. The summed E-state index contributed by atoms with van der Waals surface area (Å²) in [6.07, 6.45) is 2.08. The van der Waals surface area contributed by atoms with E-state index < -0.39 is 0 Å². The molecule has 0 bridgehead atoms. The molecule has 0 aromatic heterocycles. The number of benzene rings is 1. The third-order valence-electron chi connectivity index (χ3n) is 5.02. The smallest absolute Gasteiger partial charge is 0.191 e. The van der Waals surface area contributed by atoms with E-state index in [0.717, 1.165) is 51.6 Å². The van der Waals surface area contributed by atoms with Crippen molar-refractivity contribution in [2.24, 2.45) is 4.99 Å². The number of halogens is 3. The van der Waals surface area contributed by atoms with Gasteiger partial charge in [-0.1, -0.05) is 17.7 Å². The van der Waals surface area contributed by atoms with Crippen molar-refractivity contribution in [3.8, 4) is 0 Å². The molecule has 31 heavy (non-hydrogen) atoms. The lowest BCUT2D eigenvalue weighted by Crippen LogP contribution is -2.45. The summed E-state index contributed by atoms with van der Waals surface area (Å²) in [7, 11) is 0. The van der Waals surface area contributed by atoms with Crippen molar-refractivity contribution in [2.75, 3.05) is 52.5 Å². The molecule has 0 radical (unpaired) electrons. The fourth-order valence-electron chi connectivity index (χ4n) is 3.55. The Hall–Kier alpha value is -0.680. The van der Waals surface area contributed by atoms with Gasteiger partial charge in [0.2, 0.25) is 0 Å². The Kier molecular flexibility index (Phi) is 14.6. The first kappa shape index (κ1) is 28.4. The predicted molar refractivity (Wildman–Crippen MR) is 136 cm³/mol. The van der Waals surface area contributed by atoms with Crippen molar-refractivity contribution >= 4 is 41.5 Å². The number of morpholine rings is 1. The molecule has 178 valence electrons. The van der Waals surface area contributed by atoms with Crippen LogP contribution in [0, 0.1) is 5.82 Å². The van der Waals surface area contributed by atoms with Crippen LogP contribution in [0.4, 0.5) is 4.39 Å². The average molecular weight is 571 g/mol. The molecule has 2 rings (SSSR count). The molecule has 1 heterocycles. The molecule has 0 saturated carbocycles. The van der Waals surface area contributed by atoms with Crippen LogP contribution >= 0.6 is 35.6 Å². The van der Waals surface area contributed by atoms with Gasteiger partial charge in [0.1, 0.15) is 5.82 Å². The molecule has 1 aliphatic heterocycles. The van der Waals surface area contributed by atoms with Gasteiger partial charge < -0.3 is 20.1 Å². The molecule has 0 spiro atoms. The number of rotatable bonds is 11. The lowest BCUT2D eigenvalue weighted by atomic mass is 10.0. The maximum atomic E-state index is 14.7. The van der Waals surface area contributed by atoms with E-state index in [-0.39, 0.29) is 41.9 Å². The molecule has 1 saturated heterocycles. The minimum Gasteiger partial charge on any atom is -0.382 e. The van der Waals surface area contributed by atoms with E-state index in [1.807, 2.05) is 20.8 Å². The minimum absolute atomic E-state index is 0. The van der Waals surface area contributed by atoms with Gasteiger partial charge in [-0.25, -0.2) is 4.39 Å². The molecule has 1 fully saturated rings. The van der Waals surface area contributed by atoms with Crippen LogP contribution < -0.4 is 10.6 Å². The van der Waals surface area contributed by atoms with Gasteiger partial charge in [0.15, 0.2) is 5.96 Å². The van der Waals surface area contributed by atoms with Crippen molar-refractivity contribution < 1.29 is 13.9 Å². The Morgan fingerprint density at radius 2 is 2.16 bits per heavy atom. The summed E-state index contributed by atoms with van der Waals surface area (Å²) in [6.45, 7) is 11.6. The van der Waals surface area contributed by atoms with Gasteiger partial charge in [-0.05, 0) is 45.7 Å². The van der Waals surface area contributed by atoms with E-state index in [1.54, 1.807) is 12.1 Å². The van der Waals surface area contributed by atoms with E-state index in [2.05, 4.69) is 15.5 Å². The molecule has 1 aromatic rings. The van der Waals surface area contributed by atoms with Crippen molar-refractivity contribution in [3.63, 3.8) is 0 Å². The molecule has 2 N–H and O–H groups in total. The fraction of sp³-hybridized carbons (Fsp3) is 0.682. The first-order valence-electron chi connectivity index (χ1n) is 11.0. The molecule has 0 aliphatic carbocycles. The molecular weight excluding hydrogens is 534 g/mol. The Morgan fingerprint density at radius 3 is 2.84 bits per heavy atom. The molecule has 6 nitrogen and oxygen atoms in total. The highest BCUT2D eigenvalue weighted by molar-refractivity contribution is 14.0. The molecule has 2 atom stereocenters. The second-order valence-electron chi connectivity index (χ2n) is 7.38. The second kappa shape index (κ2) is 16.0. The minimum atomic E-state index is -0.296. The Bertz CT molecular complexity index is 648. The third-order valence-corrected chi connectivity index (χ3v) is 5.35. The first-order chi connectivity index (χ1) is 14.6. The van der Waals surface area contributed by atoms with Crippen LogP contribution in [0.2, 0.25) is 5.02 Å². The molecule has 2 unspecified atom stereocenters. The van der Waals surface area contributed by atoms with Crippen LogP contribution in [0.5, 0.6) is 0 Å². The van der Waals surface area contributed by atoms with E-state index in [9.17, 15) is 4.39 Å². The lowest BCUT2D eigenvalue weighted by Gasteiger charge is -2.37. The summed E-state index contributed by atoms with van der Waals surface area (Å²) in [5, 5.41) is 7.06. The third kappa shape index (κ3) is 9.77. The number of ether oxygens (including phenoxy) is 2. The molecular formula is C22H37ClFIN4O2. The Balaban J connectivity index is 0.00000480. The van der Waals surface area contributed by atoms with Crippen molar-refractivity contribution in [3.05, 3.63) is 34.6 Å². The van der Waals surface area contributed by atoms with Gasteiger partial charge in [-0.2, -0.15) is 0 Å². The number of aliphatic imine (C=N–C) groups is 1. The van der Waals surface area contributed by atoms with Gasteiger partial charge in [0, 0.05) is 50.0 Å². The Labute approximate surface area is 208 Å². The highest BCUT2D eigenvalue weighted by atomic mass is 127. The van der Waals surface area contributed by atoms with Gasteiger partial charge in [-0.15, -0.1) is 24.0 Å². The van der Waals surface area contributed by atoms with Crippen molar-refractivity contribution in [1.29, 1.82) is 0 Å². The van der Waals surface area contributed by atoms with Crippen LogP contribution in [0.25, 0.3) is 0 Å². The summed E-state index contributed by atoms with van der Waals surface area (Å²) >= 11 is 6.41. The van der Waals surface area contributed by atoms with Crippen LogP contribution in [0.15, 0.2) is 23.2 Å². The SMILES string of the molecule is CCNC(=NCC(c1c(F)cccc1Cl)N1CCOC(C)C1)NCCCCOCC.I. The number of nitrogens with one attached hydrogen (secondary N) is 2. The maximum absolute atomic E-state index is 14.7. The normalized spacial score (nSPS) is 18.4. The predicted octanol–water partition coefficient (Wildman–Crippen LogP) is 4.23. The fourth-order valence-corrected chi connectivity index (χ4v) is 3.84. The molecule has 9 heteroatoms. The summed E-state index contributed by atoms with van der Waals surface area (Å²) in [5.74, 6) is 0.434. The Morgan fingerprint density at radius 1 is 1.35 bits per heavy atom. The van der Waals surface area contributed by atoms with Gasteiger partial charge in [0.05, 0.1) is 25.3 Å². The average Bonchev–Trinajstić information content (AvgIpc) is 2.72. The monoisotopic (exact) mass is 570 g/mol. The van der Waals surface area contributed by atoms with E-state index in [4.69, 9.17) is 26.1 Å². The second-order valence-corrected chi connectivity index (χ2v) is 7.79. The largest absolute Gasteiger partial charge is 0.382 e. The van der Waals surface area contributed by atoms with Crippen LogP contribution in [0.1, 0.15) is 45.2 Å². The lowest BCUT2D eigenvalue weighted by molar-refractivity contribution is -0.0336. The topological polar surface area (TPSA) is 58.1 Å². The number of guanidine groups is 1. The van der Waals surface area contributed by atoms with Crippen LogP contribution in [-0.4, -0.2) is 69.5 Å². The zero-order chi connectivity index (χ0) is 21.8. The van der Waals surface area contributed by atoms with Gasteiger partial charge >= 0.3 is 0 Å².